The fraction of sp³-hybridized carbons (Fsp3) is 0.533. The molecule has 0 bridgehead atoms. The molecule has 1 aromatic rings. The summed E-state index contributed by atoms with van der Waals surface area (Å²) in [5.41, 5.74) is -0.476. The molecule has 3 nitrogen and oxygen atoms in total. The molecule has 0 aliphatic carbocycles. The molecule has 1 saturated heterocycles. The molecule has 20 heavy (non-hydrogen) atoms. The van der Waals surface area contributed by atoms with Crippen LogP contribution in [0.1, 0.15) is 24.2 Å². The zero-order valence-corrected chi connectivity index (χ0v) is 12.1. The Morgan fingerprint density at radius 1 is 1.25 bits per heavy atom. The lowest BCUT2D eigenvalue weighted by molar-refractivity contribution is 0.0387. The summed E-state index contributed by atoms with van der Waals surface area (Å²) >= 11 is 0. The van der Waals surface area contributed by atoms with E-state index in [2.05, 4.69) is 18.7 Å². The number of carbonyl (C=O) groups is 1. The normalized spacial score (nSPS) is 20.1. The Morgan fingerprint density at radius 3 is 2.40 bits per heavy atom. The van der Waals surface area contributed by atoms with Crippen molar-refractivity contribution in [3.63, 3.8) is 0 Å². The number of ketones is 1. The SMILES string of the molecule is CN1CCN(CC(=O)c2c(F)cccc2F)CC1(C)C. The van der Waals surface area contributed by atoms with E-state index in [1.807, 2.05) is 11.9 Å². The van der Waals surface area contributed by atoms with Crippen molar-refractivity contribution in [1.82, 2.24) is 9.80 Å². The predicted octanol–water partition coefficient (Wildman–Crippen LogP) is 2.17. The van der Waals surface area contributed by atoms with Gasteiger partial charge in [0.05, 0.1) is 12.1 Å². The molecule has 1 fully saturated rings. The van der Waals surface area contributed by atoms with E-state index in [0.29, 0.717) is 6.54 Å². The molecule has 0 amide bonds. The third-order valence-corrected chi connectivity index (χ3v) is 4.00. The van der Waals surface area contributed by atoms with Gasteiger partial charge in [0, 0.05) is 25.2 Å². The van der Waals surface area contributed by atoms with Crippen LogP contribution in [-0.4, -0.2) is 54.3 Å². The van der Waals surface area contributed by atoms with Gasteiger partial charge in [-0.3, -0.25) is 14.6 Å². The molecule has 0 saturated carbocycles. The molecule has 1 aliphatic heterocycles. The average molecular weight is 282 g/mol. The van der Waals surface area contributed by atoms with Gasteiger partial charge in [-0.25, -0.2) is 8.78 Å². The maximum Gasteiger partial charge on any atom is 0.182 e. The van der Waals surface area contributed by atoms with Crippen LogP contribution in [0.4, 0.5) is 8.78 Å². The molecule has 1 aromatic carbocycles. The van der Waals surface area contributed by atoms with Crippen LogP contribution in [0.3, 0.4) is 0 Å². The van der Waals surface area contributed by atoms with E-state index in [1.165, 1.54) is 6.07 Å². The van der Waals surface area contributed by atoms with Gasteiger partial charge in [-0.2, -0.15) is 0 Å². The fourth-order valence-corrected chi connectivity index (χ4v) is 2.52. The van der Waals surface area contributed by atoms with Crippen molar-refractivity contribution in [2.24, 2.45) is 0 Å². The Labute approximate surface area is 118 Å². The van der Waals surface area contributed by atoms with Gasteiger partial charge in [0.2, 0.25) is 0 Å². The molecule has 1 heterocycles. The van der Waals surface area contributed by atoms with E-state index in [9.17, 15) is 13.6 Å². The molecule has 1 aliphatic rings. The summed E-state index contributed by atoms with van der Waals surface area (Å²) in [4.78, 5) is 16.3. The van der Waals surface area contributed by atoms with E-state index in [4.69, 9.17) is 0 Å². The Kier molecular flexibility index (Phi) is 4.20. The average Bonchev–Trinajstić information content (AvgIpc) is 2.33. The molecule has 0 spiro atoms. The molecule has 0 N–H and O–H groups in total. The zero-order chi connectivity index (χ0) is 14.9. The van der Waals surface area contributed by atoms with Gasteiger partial charge in [0.1, 0.15) is 11.6 Å². The summed E-state index contributed by atoms with van der Waals surface area (Å²) in [6.45, 7) is 6.49. The summed E-state index contributed by atoms with van der Waals surface area (Å²) < 4.78 is 27.2. The number of likely N-dealkylation sites (N-methyl/N-ethyl adjacent to an activating group) is 1. The summed E-state index contributed by atoms with van der Waals surface area (Å²) in [6, 6.07) is 3.49. The standard InChI is InChI=1S/C15H20F2N2O/c1-15(2)10-19(8-7-18(15)3)9-13(20)14-11(16)5-4-6-12(14)17/h4-6H,7-10H2,1-3H3. The Balaban J connectivity index is 2.09. The van der Waals surface area contributed by atoms with Crippen molar-refractivity contribution < 1.29 is 13.6 Å². The Hall–Kier alpha value is -1.33. The van der Waals surface area contributed by atoms with Gasteiger partial charge in [0.15, 0.2) is 5.78 Å². The minimum absolute atomic E-state index is 0.0493. The molecule has 0 unspecified atom stereocenters. The first-order chi connectivity index (χ1) is 9.31. The van der Waals surface area contributed by atoms with Crippen LogP contribution in [0.5, 0.6) is 0 Å². The lowest BCUT2D eigenvalue weighted by Gasteiger charge is -2.45. The van der Waals surface area contributed by atoms with Gasteiger partial charge < -0.3 is 0 Å². The molecule has 0 atom stereocenters. The van der Waals surface area contributed by atoms with Crippen LogP contribution in [0.2, 0.25) is 0 Å². The number of hydrogen-bond acceptors (Lipinski definition) is 3. The van der Waals surface area contributed by atoms with E-state index >= 15 is 0 Å². The number of nitrogens with zero attached hydrogens (tertiary/aromatic N) is 2. The van der Waals surface area contributed by atoms with E-state index in [1.54, 1.807) is 0 Å². The van der Waals surface area contributed by atoms with E-state index in [-0.39, 0.29) is 12.1 Å². The van der Waals surface area contributed by atoms with Gasteiger partial charge >= 0.3 is 0 Å². The van der Waals surface area contributed by atoms with Crippen molar-refractivity contribution in [1.29, 1.82) is 0 Å². The van der Waals surface area contributed by atoms with Crippen LogP contribution in [-0.2, 0) is 0 Å². The highest BCUT2D eigenvalue weighted by atomic mass is 19.1. The maximum absolute atomic E-state index is 13.6. The fourth-order valence-electron chi connectivity index (χ4n) is 2.52. The summed E-state index contributed by atoms with van der Waals surface area (Å²) in [5.74, 6) is -2.08. The van der Waals surface area contributed by atoms with Crippen LogP contribution in [0.25, 0.3) is 0 Å². The molecular formula is C15H20F2N2O. The molecule has 0 radical (unpaired) electrons. The summed E-state index contributed by atoms with van der Waals surface area (Å²) in [5, 5.41) is 0. The Bertz CT molecular complexity index is 496. The maximum atomic E-state index is 13.6. The van der Waals surface area contributed by atoms with Crippen LogP contribution in [0, 0.1) is 11.6 Å². The van der Waals surface area contributed by atoms with Crippen LogP contribution in [0.15, 0.2) is 18.2 Å². The number of Topliss-reactive ketones (excluding diaryl/α,β-unsaturated/α-hetero) is 1. The number of piperazine rings is 1. The zero-order valence-electron chi connectivity index (χ0n) is 12.1. The minimum Gasteiger partial charge on any atom is -0.299 e. The highest BCUT2D eigenvalue weighted by molar-refractivity contribution is 5.98. The first-order valence-electron chi connectivity index (χ1n) is 6.72. The van der Waals surface area contributed by atoms with Crippen LogP contribution < -0.4 is 0 Å². The van der Waals surface area contributed by atoms with Crippen molar-refractivity contribution >= 4 is 5.78 Å². The number of halogens is 2. The third-order valence-electron chi connectivity index (χ3n) is 4.00. The monoisotopic (exact) mass is 282 g/mol. The number of rotatable bonds is 3. The van der Waals surface area contributed by atoms with Gasteiger partial charge in [-0.1, -0.05) is 6.07 Å². The first kappa shape index (κ1) is 15.1. The summed E-state index contributed by atoms with van der Waals surface area (Å²) in [7, 11) is 2.04. The van der Waals surface area contributed by atoms with Gasteiger partial charge in [-0.15, -0.1) is 0 Å². The highest BCUT2D eigenvalue weighted by Crippen LogP contribution is 2.20. The van der Waals surface area contributed by atoms with E-state index in [0.717, 1.165) is 25.2 Å². The topological polar surface area (TPSA) is 23.6 Å². The van der Waals surface area contributed by atoms with Gasteiger partial charge in [0.25, 0.3) is 0 Å². The second-order valence-corrected chi connectivity index (χ2v) is 5.96. The van der Waals surface area contributed by atoms with Crippen molar-refractivity contribution in [2.45, 2.75) is 19.4 Å². The first-order valence-corrected chi connectivity index (χ1v) is 6.72. The minimum atomic E-state index is -0.789. The highest BCUT2D eigenvalue weighted by Gasteiger charge is 2.32. The number of benzene rings is 1. The molecule has 110 valence electrons. The van der Waals surface area contributed by atoms with Gasteiger partial charge in [-0.05, 0) is 33.0 Å². The smallest absolute Gasteiger partial charge is 0.182 e. The quantitative estimate of drug-likeness (QED) is 0.794. The second kappa shape index (κ2) is 5.58. The molecule has 5 heteroatoms. The van der Waals surface area contributed by atoms with Crippen molar-refractivity contribution in [2.75, 3.05) is 33.2 Å². The predicted molar refractivity (Wildman–Crippen MR) is 73.8 cm³/mol. The largest absolute Gasteiger partial charge is 0.299 e. The Morgan fingerprint density at radius 2 is 1.85 bits per heavy atom. The van der Waals surface area contributed by atoms with E-state index < -0.39 is 23.0 Å². The second-order valence-electron chi connectivity index (χ2n) is 5.96. The van der Waals surface area contributed by atoms with Crippen molar-refractivity contribution in [3.05, 3.63) is 35.4 Å². The lowest BCUT2D eigenvalue weighted by Crippen LogP contribution is -2.58. The van der Waals surface area contributed by atoms with Crippen LogP contribution >= 0.6 is 0 Å². The number of hydrogen-bond donors (Lipinski definition) is 0. The lowest BCUT2D eigenvalue weighted by atomic mass is 9.99. The van der Waals surface area contributed by atoms with Crippen molar-refractivity contribution in [3.8, 4) is 0 Å². The summed E-state index contributed by atoms with van der Waals surface area (Å²) in [6.07, 6.45) is 0. The number of carbonyl (C=O) groups excluding carboxylic acids is 1. The third kappa shape index (κ3) is 3.04. The molecular weight excluding hydrogens is 262 g/mol. The molecule has 2 rings (SSSR count). The molecule has 0 aromatic heterocycles.